The molecule has 0 amide bonds. The van der Waals surface area contributed by atoms with Crippen LogP contribution in [-0.4, -0.2) is 55.1 Å². The van der Waals surface area contributed by atoms with Crippen LogP contribution in [0.15, 0.2) is 30.3 Å². The Morgan fingerprint density at radius 2 is 1.91 bits per heavy atom. The molecule has 0 bridgehead atoms. The molecule has 0 aliphatic carbocycles. The van der Waals surface area contributed by atoms with Crippen LogP contribution in [0, 0.1) is 0 Å². The fourth-order valence-corrected chi connectivity index (χ4v) is 3.47. The number of piperidine rings is 1. The summed E-state index contributed by atoms with van der Waals surface area (Å²) >= 11 is 0. The van der Waals surface area contributed by atoms with Crippen LogP contribution in [-0.2, 0) is 9.47 Å². The average molecular weight is 319 g/mol. The third-order valence-corrected chi connectivity index (χ3v) is 4.94. The predicted octanol–water partition coefficient (Wildman–Crippen LogP) is 2.77. The molecule has 23 heavy (non-hydrogen) atoms. The predicted molar refractivity (Wildman–Crippen MR) is 90.4 cm³/mol. The number of β-amino-alcohol motifs (C(OH)–C–C–N with tert-alkyl or cyclic N) is 1. The van der Waals surface area contributed by atoms with Crippen LogP contribution in [0.5, 0.6) is 0 Å². The normalized spacial score (nSPS) is 25.3. The molecule has 0 radical (unpaired) electrons. The Hall–Kier alpha value is -0.940. The zero-order valence-corrected chi connectivity index (χ0v) is 13.9. The van der Waals surface area contributed by atoms with Crippen molar-refractivity contribution in [3.05, 3.63) is 35.9 Å². The maximum Gasteiger partial charge on any atom is 0.0916 e. The molecular formula is C19H29NO3. The molecule has 2 aliphatic heterocycles. The lowest BCUT2D eigenvalue weighted by molar-refractivity contribution is -0.0764. The zero-order chi connectivity index (χ0) is 15.9. The number of rotatable bonds is 6. The van der Waals surface area contributed by atoms with Gasteiger partial charge in [-0.3, -0.25) is 0 Å². The minimum Gasteiger partial charge on any atom is -0.387 e. The van der Waals surface area contributed by atoms with E-state index in [1.54, 1.807) is 0 Å². The van der Waals surface area contributed by atoms with Gasteiger partial charge in [0.15, 0.2) is 0 Å². The lowest BCUT2D eigenvalue weighted by atomic mass is 10.0. The summed E-state index contributed by atoms with van der Waals surface area (Å²) in [6.07, 6.45) is 5.96. The van der Waals surface area contributed by atoms with Crippen molar-refractivity contribution in [3.63, 3.8) is 0 Å². The molecule has 1 N–H and O–H groups in total. The van der Waals surface area contributed by atoms with Gasteiger partial charge in [-0.05, 0) is 37.7 Å². The van der Waals surface area contributed by atoms with Crippen molar-refractivity contribution in [3.8, 4) is 0 Å². The highest BCUT2D eigenvalue weighted by Crippen LogP contribution is 2.20. The van der Waals surface area contributed by atoms with Crippen molar-refractivity contribution in [1.82, 2.24) is 4.90 Å². The Balaban J connectivity index is 1.35. The van der Waals surface area contributed by atoms with Gasteiger partial charge < -0.3 is 19.5 Å². The van der Waals surface area contributed by atoms with Gasteiger partial charge in [0, 0.05) is 26.2 Å². The average Bonchev–Trinajstić information content (AvgIpc) is 2.63. The highest BCUT2D eigenvalue weighted by molar-refractivity contribution is 5.17. The van der Waals surface area contributed by atoms with Crippen LogP contribution in [0.3, 0.4) is 0 Å². The second kappa shape index (κ2) is 8.78. The van der Waals surface area contributed by atoms with Gasteiger partial charge in [0.05, 0.1) is 24.9 Å². The maximum atomic E-state index is 10.3. The van der Waals surface area contributed by atoms with Crippen molar-refractivity contribution in [1.29, 1.82) is 0 Å². The van der Waals surface area contributed by atoms with E-state index in [0.717, 1.165) is 51.1 Å². The Labute approximate surface area is 139 Å². The molecule has 1 aromatic rings. The molecule has 0 aromatic heterocycles. The molecule has 1 unspecified atom stereocenters. The minimum absolute atomic E-state index is 0.307. The van der Waals surface area contributed by atoms with Crippen LogP contribution in [0.4, 0.5) is 0 Å². The highest BCUT2D eigenvalue weighted by Gasteiger charge is 2.23. The van der Waals surface area contributed by atoms with E-state index in [2.05, 4.69) is 4.90 Å². The maximum absolute atomic E-state index is 10.3. The number of aliphatic hydroxyl groups is 1. The van der Waals surface area contributed by atoms with Crippen LogP contribution in [0.2, 0.25) is 0 Å². The molecule has 4 heteroatoms. The molecule has 2 aliphatic rings. The summed E-state index contributed by atoms with van der Waals surface area (Å²) in [5.41, 5.74) is 1.00. The molecule has 2 saturated heterocycles. The molecule has 2 fully saturated rings. The van der Waals surface area contributed by atoms with Crippen LogP contribution in [0.25, 0.3) is 0 Å². The van der Waals surface area contributed by atoms with Crippen LogP contribution in [0.1, 0.15) is 43.8 Å². The van der Waals surface area contributed by atoms with E-state index in [1.165, 1.54) is 12.8 Å². The SMILES string of the molecule is O[C@H](CN1CCC(OCC2CCCCO2)CC1)c1ccccc1. The molecule has 0 saturated carbocycles. The first-order valence-corrected chi connectivity index (χ1v) is 9.00. The lowest BCUT2D eigenvalue weighted by Crippen LogP contribution is -2.40. The summed E-state index contributed by atoms with van der Waals surface area (Å²) in [6, 6.07) is 9.92. The van der Waals surface area contributed by atoms with Gasteiger partial charge in [0.25, 0.3) is 0 Å². The lowest BCUT2D eigenvalue weighted by Gasteiger charge is -2.34. The quantitative estimate of drug-likeness (QED) is 0.875. The zero-order valence-electron chi connectivity index (χ0n) is 13.9. The Morgan fingerprint density at radius 1 is 1.13 bits per heavy atom. The molecule has 1 aromatic carbocycles. The van der Waals surface area contributed by atoms with E-state index in [0.29, 0.717) is 18.8 Å². The monoisotopic (exact) mass is 319 g/mol. The number of nitrogens with zero attached hydrogens (tertiary/aromatic N) is 1. The molecule has 3 rings (SSSR count). The van der Waals surface area contributed by atoms with Crippen molar-refractivity contribution >= 4 is 0 Å². The Bertz CT molecular complexity index is 439. The van der Waals surface area contributed by atoms with Gasteiger partial charge in [-0.2, -0.15) is 0 Å². The van der Waals surface area contributed by atoms with Gasteiger partial charge >= 0.3 is 0 Å². The molecule has 128 valence electrons. The van der Waals surface area contributed by atoms with Gasteiger partial charge in [-0.15, -0.1) is 0 Å². The fraction of sp³-hybridized carbons (Fsp3) is 0.684. The van der Waals surface area contributed by atoms with Gasteiger partial charge in [-0.1, -0.05) is 30.3 Å². The third kappa shape index (κ3) is 5.28. The number of likely N-dealkylation sites (tertiary alicyclic amines) is 1. The van der Waals surface area contributed by atoms with Crippen molar-refractivity contribution in [2.45, 2.75) is 50.4 Å². The molecular weight excluding hydrogens is 290 g/mol. The summed E-state index contributed by atoms with van der Waals surface area (Å²) in [5.74, 6) is 0. The summed E-state index contributed by atoms with van der Waals surface area (Å²) in [7, 11) is 0. The van der Waals surface area contributed by atoms with E-state index in [9.17, 15) is 5.11 Å². The summed E-state index contributed by atoms with van der Waals surface area (Å²) in [5, 5.41) is 10.3. The van der Waals surface area contributed by atoms with E-state index < -0.39 is 6.10 Å². The second-order valence-electron chi connectivity index (χ2n) is 6.75. The summed E-state index contributed by atoms with van der Waals surface area (Å²) in [4.78, 5) is 2.34. The molecule has 2 atom stereocenters. The number of hydrogen-bond donors (Lipinski definition) is 1. The van der Waals surface area contributed by atoms with E-state index in [1.807, 2.05) is 30.3 Å². The number of hydrogen-bond acceptors (Lipinski definition) is 4. The molecule has 2 heterocycles. The van der Waals surface area contributed by atoms with Gasteiger partial charge in [0.2, 0.25) is 0 Å². The topological polar surface area (TPSA) is 41.9 Å². The second-order valence-corrected chi connectivity index (χ2v) is 6.75. The van der Waals surface area contributed by atoms with Gasteiger partial charge in [0.1, 0.15) is 0 Å². The first-order chi connectivity index (χ1) is 11.3. The highest BCUT2D eigenvalue weighted by atomic mass is 16.5. The molecule has 4 nitrogen and oxygen atoms in total. The number of benzene rings is 1. The third-order valence-electron chi connectivity index (χ3n) is 4.94. The number of ether oxygens (including phenoxy) is 2. The van der Waals surface area contributed by atoms with Crippen molar-refractivity contribution in [2.24, 2.45) is 0 Å². The summed E-state index contributed by atoms with van der Waals surface area (Å²) in [6.45, 7) is 4.35. The van der Waals surface area contributed by atoms with Crippen molar-refractivity contribution in [2.75, 3.05) is 32.8 Å². The van der Waals surface area contributed by atoms with E-state index >= 15 is 0 Å². The largest absolute Gasteiger partial charge is 0.387 e. The number of aliphatic hydroxyl groups excluding tert-OH is 1. The first-order valence-electron chi connectivity index (χ1n) is 9.00. The first kappa shape index (κ1) is 16.9. The minimum atomic E-state index is -0.399. The fourth-order valence-electron chi connectivity index (χ4n) is 3.47. The van der Waals surface area contributed by atoms with E-state index in [-0.39, 0.29) is 0 Å². The smallest absolute Gasteiger partial charge is 0.0916 e. The Morgan fingerprint density at radius 3 is 2.61 bits per heavy atom. The van der Waals surface area contributed by atoms with E-state index in [4.69, 9.17) is 9.47 Å². The molecule has 0 spiro atoms. The standard InChI is InChI=1S/C19H29NO3/c21-19(16-6-2-1-3-7-16)14-20-11-9-17(10-12-20)23-15-18-8-4-5-13-22-18/h1-3,6-7,17-19,21H,4-5,8-15H2/t18?,19-/m1/s1. The Kier molecular flexibility index (Phi) is 6.46. The van der Waals surface area contributed by atoms with Crippen LogP contribution >= 0.6 is 0 Å². The van der Waals surface area contributed by atoms with Crippen LogP contribution < -0.4 is 0 Å². The summed E-state index contributed by atoms with van der Waals surface area (Å²) < 4.78 is 11.8. The van der Waals surface area contributed by atoms with Crippen molar-refractivity contribution < 1.29 is 14.6 Å². The van der Waals surface area contributed by atoms with Gasteiger partial charge in [-0.25, -0.2) is 0 Å².